The van der Waals surface area contributed by atoms with Crippen LogP contribution in [0.3, 0.4) is 0 Å². The first-order valence-electron chi connectivity index (χ1n) is 23.2. The fourth-order valence-electron chi connectivity index (χ4n) is 6.40. The van der Waals surface area contributed by atoms with Crippen molar-refractivity contribution < 1.29 is 82.0 Å². The van der Waals surface area contributed by atoms with Crippen LogP contribution in [0.15, 0.2) is 85.1 Å². The quantitative estimate of drug-likeness (QED) is 0.0129. The summed E-state index contributed by atoms with van der Waals surface area (Å²) < 4.78 is 49.2. The van der Waals surface area contributed by atoms with Gasteiger partial charge < -0.3 is 49.7 Å². The third kappa shape index (κ3) is 31.2. The molecular formula is C47H78O17P2. The molecule has 9 atom stereocenters. The minimum absolute atomic E-state index is 0.0573. The van der Waals surface area contributed by atoms with E-state index in [4.69, 9.17) is 28.3 Å². The Labute approximate surface area is 391 Å². The SMILES string of the molecule is CC/C=C\C/C=C\C/C=C\CCCCCCCC(=O)OC[C@H](COP(=O)(O)O[C@H]1C(O)C(O)C(O)[C@@H](OP(=O)(O)O)C1O)OC(=O)CCC/C=C\C/C=C\C/C=C\C/C=C\[C@H](O)CCCC. The van der Waals surface area contributed by atoms with E-state index in [1.165, 1.54) is 0 Å². The molecule has 8 N–H and O–H groups in total. The van der Waals surface area contributed by atoms with Crippen LogP contribution in [0.1, 0.15) is 136 Å². The number of allylic oxidation sites excluding steroid dienone is 13. The molecule has 5 unspecified atom stereocenters. The van der Waals surface area contributed by atoms with Gasteiger partial charge in [-0.3, -0.25) is 23.2 Å². The van der Waals surface area contributed by atoms with Gasteiger partial charge in [-0.25, -0.2) is 9.13 Å². The van der Waals surface area contributed by atoms with Gasteiger partial charge in [0, 0.05) is 12.8 Å². The van der Waals surface area contributed by atoms with Crippen molar-refractivity contribution in [3.8, 4) is 0 Å². The van der Waals surface area contributed by atoms with Gasteiger partial charge in [-0.1, -0.05) is 131 Å². The lowest BCUT2D eigenvalue weighted by Gasteiger charge is -2.43. The second kappa shape index (κ2) is 37.1. The van der Waals surface area contributed by atoms with Gasteiger partial charge in [0.15, 0.2) is 6.10 Å². The van der Waals surface area contributed by atoms with E-state index in [-0.39, 0.29) is 12.8 Å². The zero-order valence-corrected chi connectivity index (χ0v) is 40.5. The smallest absolute Gasteiger partial charge is 0.462 e. The van der Waals surface area contributed by atoms with Gasteiger partial charge in [0.05, 0.1) is 12.7 Å². The van der Waals surface area contributed by atoms with Crippen LogP contribution < -0.4 is 0 Å². The van der Waals surface area contributed by atoms with Crippen LogP contribution in [0, 0.1) is 0 Å². The first-order valence-corrected chi connectivity index (χ1v) is 26.3. The summed E-state index contributed by atoms with van der Waals surface area (Å²) in [4.78, 5) is 54.2. The molecule has 19 heteroatoms. The summed E-state index contributed by atoms with van der Waals surface area (Å²) in [6, 6.07) is 0. The lowest BCUT2D eigenvalue weighted by molar-refractivity contribution is -0.216. The summed E-state index contributed by atoms with van der Waals surface area (Å²) >= 11 is 0. The molecule has 0 heterocycles. The van der Waals surface area contributed by atoms with E-state index in [1.807, 2.05) is 48.6 Å². The maximum atomic E-state index is 13.0. The van der Waals surface area contributed by atoms with Crippen molar-refractivity contribution in [2.45, 2.75) is 185 Å². The van der Waals surface area contributed by atoms with Gasteiger partial charge in [-0.2, -0.15) is 0 Å². The number of unbranched alkanes of at least 4 members (excludes halogenated alkanes) is 7. The number of rotatable bonds is 37. The highest BCUT2D eigenvalue weighted by atomic mass is 31.2. The van der Waals surface area contributed by atoms with Gasteiger partial charge in [0.25, 0.3) is 0 Å². The van der Waals surface area contributed by atoms with E-state index in [9.17, 15) is 49.1 Å². The summed E-state index contributed by atoms with van der Waals surface area (Å²) in [5.74, 6) is -1.32. The Bertz CT molecular complexity index is 1620. The van der Waals surface area contributed by atoms with Crippen molar-refractivity contribution in [2.24, 2.45) is 0 Å². The fourth-order valence-corrected chi connectivity index (χ4v) is 7.94. The predicted molar refractivity (Wildman–Crippen MR) is 251 cm³/mol. The minimum atomic E-state index is -5.38. The molecule has 17 nitrogen and oxygen atoms in total. The summed E-state index contributed by atoms with van der Waals surface area (Å²) in [5, 5.41) is 51.0. The Kier molecular flexibility index (Phi) is 34.4. The highest BCUT2D eigenvalue weighted by molar-refractivity contribution is 7.47. The van der Waals surface area contributed by atoms with Crippen molar-refractivity contribution in [2.75, 3.05) is 13.2 Å². The number of phosphoric ester groups is 2. The molecule has 0 aromatic rings. The Morgan fingerprint density at radius 3 is 1.64 bits per heavy atom. The van der Waals surface area contributed by atoms with Crippen LogP contribution in [-0.2, 0) is 41.8 Å². The maximum absolute atomic E-state index is 13.0. The molecule has 0 spiro atoms. The molecule has 378 valence electrons. The Morgan fingerprint density at radius 1 is 0.561 bits per heavy atom. The zero-order chi connectivity index (χ0) is 49.1. The van der Waals surface area contributed by atoms with Crippen LogP contribution in [0.25, 0.3) is 0 Å². The molecule has 1 fully saturated rings. The van der Waals surface area contributed by atoms with Crippen molar-refractivity contribution in [3.63, 3.8) is 0 Å². The van der Waals surface area contributed by atoms with Crippen LogP contribution in [-0.4, -0.2) is 114 Å². The number of ether oxygens (including phenoxy) is 2. The average Bonchev–Trinajstić information content (AvgIpc) is 3.27. The topological polar surface area (TPSA) is 276 Å². The first-order chi connectivity index (χ1) is 31.5. The number of aliphatic hydroxyl groups excluding tert-OH is 5. The van der Waals surface area contributed by atoms with Crippen LogP contribution in [0.5, 0.6) is 0 Å². The van der Waals surface area contributed by atoms with Crippen molar-refractivity contribution >= 4 is 27.6 Å². The number of carbonyl (C=O) groups excluding carboxylic acids is 2. The monoisotopic (exact) mass is 976 g/mol. The van der Waals surface area contributed by atoms with Crippen molar-refractivity contribution in [1.82, 2.24) is 0 Å². The van der Waals surface area contributed by atoms with Gasteiger partial charge in [-0.05, 0) is 77.0 Å². The molecule has 66 heavy (non-hydrogen) atoms. The van der Waals surface area contributed by atoms with E-state index in [2.05, 4.69) is 54.8 Å². The fraction of sp³-hybridized carbons (Fsp3) is 0.660. The number of hydrogen-bond acceptors (Lipinski definition) is 14. The van der Waals surface area contributed by atoms with Gasteiger partial charge in [0.1, 0.15) is 43.2 Å². The Hall–Kier alpha value is -2.86. The highest BCUT2D eigenvalue weighted by Crippen LogP contribution is 2.49. The number of esters is 2. The lowest BCUT2D eigenvalue weighted by atomic mass is 9.85. The number of carbonyl (C=O) groups is 2. The lowest BCUT2D eigenvalue weighted by Crippen LogP contribution is -2.64. The molecule has 1 aliphatic rings. The molecule has 1 aliphatic carbocycles. The molecular weight excluding hydrogens is 898 g/mol. The standard InChI is InChI=1S/C47H78O17P2/c1-3-5-7-8-9-10-11-12-13-14-18-21-24-27-30-34-40(49)60-36-39(37-61-66(58,59)64-47-44(53)42(51)43(52)46(45(47)54)63-65(55,56)57)62-41(50)35-31-28-25-22-19-16-15-17-20-23-26-29-33-38(48)32-6-4-2/h5,7,9-10,12-13,15-16,20,22-23,25,29,33,38-39,42-48,51-54H,3-4,6,8,11,14,17-19,21,24,26-28,30-32,34-37H2,1-2H3,(H,58,59)(H2,55,56,57)/b7-5-,10-9-,13-12-,16-15-,23-20-,25-22-,33-29-/t38-,39-,42?,43?,44?,45?,46-,47+/m1/s1. The summed E-state index contributed by atoms with van der Waals surface area (Å²) in [5.41, 5.74) is 0. The van der Waals surface area contributed by atoms with E-state index >= 15 is 0 Å². The van der Waals surface area contributed by atoms with E-state index in [1.54, 1.807) is 0 Å². The van der Waals surface area contributed by atoms with E-state index in [0.717, 1.165) is 83.5 Å². The molecule has 1 saturated carbocycles. The molecule has 0 saturated heterocycles. The summed E-state index contributed by atoms with van der Waals surface area (Å²) in [6.07, 6.45) is 27.4. The van der Waals surface area contributed by atoms with E-state index < -0.39 is 89.6 Å². The molecule has 0 bridgehead atoms. The normalized spacial score (nSPS) is 22.8. The molecule has 1 rings (SSSR count). The Morgan fingerprint density at radius 2 is 1.06 bits per heavy atom. The molecule has 0 aromatic heterocycles. The van der Waals surface area contributed by atoms with Gasteiger partial charge in [-0.15, -0.1) is 0 Å². The minimum Gasteiger partial charge on any atom is -0.462 e. The third-order valence-electron chi connectivity index (χ3n) is 10.0. The summed E-state index contributed by atoms with van der Waals surface area (Å²) in [6.45, 7) is 2.76. The number of phosphoric acid groups is 2. The predicted octanol–water partition coefficient (Wildman–Crippen LogP) is 7.58. The molecule has 0 aliphatic heterocycles. The number of aliphatic hydroxyl groups is 5. The van der Waals surface area contributed by atoms with Crippen molar-refractivity contribution in [1.29, 1.82) is 0 Å². The van der Waals surface area contributed by atoms with Gasteiger partial charge in [0.2, 0.25) is 0 Å². The number of hydrogen-bond donors (Lipinski definition) is 8. The summed E-state index contributed by atoms with van der Waals surface area (Å²) in [7, 11) is -10.7. The second-order valence-corrected chi connectivity index (χ2v) is 18.5. The van der Waals surface area contributed by atoms with Crippen LogP contribution in [0.2, 0.25) is 0 Å². The average molecular weight is 977 g/mol. The second-order valence-electron chi connectivity index (χ2n) is 15.9. The zero-order valence-electron chi connectivity index (χ0n) is 38.7. The van der Waals surface area contributed by atoms with E-state index in [0.29, 0.717) is 25.7 Å². The molecule has 0 aromatic carbocycles. The highest BCUT2D eigenvalue weighted by Gasteiger charge is 2.54. The van der Waals surface area contributed by atoms with Crippen molar-refractivity contribution in [3.05, 3.63) is 85.1 Å². The largest absolute Gasteiger partial charge is 0.472 e. The van der Waals surface area contributed by atoms with Crippen LogP contribution in [0.4, 0.5) is 0 Å². The molecule has 0 radical (unpaired) electrons. The third-order valence-corrected chi connectivity index (χ3v) is 11.5. The van der Waals surface area contributed by atoms with Crippen LogP contribution >= 0.6 is 15.6 Å². The van der Waals surface area contributed by atoms with Gasteiger partial charge >= 0.3 is 27.6 Å². The Balaban J connectivity index is 2.67. The first kappa shape index (κ1) is 61.2. The molecule has 0 amide bonds. The maximum Gasteiger partial charge on any atom is 0.472 e.